The summed E-state index contributed by atoms with van der Waals surface area (Å²) < 4.78 is 0. The Morgan fingerprint density at radius 3 is 2.88 bits per heavy atom. The Labute approximate surface area is 105 Å². The van der Waals surface area contributed by atoms with Gasteiger partial charge >= 0.3 is 0 Å². The largest absolute Gasteiger partial charge is 0.371 e. The van der Waals surface area contributed by atoms with Crippen LogP contribution in [0.25, 0.3) is 0 Å². The van der Waals surface area contributed by atoms with Gasteiger partial charge in [-0.1, -0.05) is 12.8 Å². The Morgan fingerprint density at radius 1 is 1.18 bits per heavy atom. The molecule has 3 aliphatic rings. The highest BCUT2D eigenvalue weighted by Crippen LogP contribution is 2.49. The third-order valence-corrected chi connectivity index (χ3v) is 5.20. The molecule has 0 unspecified atom stereocenters. The smallest absolute Gasteiger partial charge is 0.0965 e. The van der Waals surface area contributed by atoms with Crippen LogP contribution in [0.2, 0.25) is 0 Å². The average molecular weight is 234 g/mol. The molecule has 1 heterocycles. The van der Waals surface area contributed by atoms with Crippen molar-refractivity contribution >= 4 is 5.84 Å². The van der Waals surface area contributed by atoms with E-state index in [0.717, 1.165) is 24.3 Å². The van der Waals surface area contributed by atoms with E-state index in [1.54, 1.807) is 0 Å². The minimum Gasteiger partial charge on any atom is -0.371 e. The first-order valence-electron chi connectivity index (χ1n) is 7.63. The second kappa shape index (κ2) is 4.99. The first-order valence-corrected chi connectivity index (χ1v) is 7.63. The maximum absolute atomic E-state index is 4.70. The minimum absolute atomic E-state index is 0.655. The molecule has 1 aliphatic heterocycles. The van der Waals surface area contributed by atoms with Crippen molar-refractivity contribution in [3.8, 4) is 0 Å². The summed E-state index contributed by atoms with van der Waals surface area (Å²) in [6.07, 6.45) is 11.2. The van der Waals surface area contributed by atoms with E-state index in [-0.39, 0.29) is 0 Å². The van der Waals surface area contributed by atoms with E-state index < -0.39 is 0 Å². The first kappa shape index (κ1) is 11.6. The summed E-state index contributed by atoms with van der Waals surface area (Å²) in [6.45, 7) is 3.44. The van der Waals surface area contributed by atoms with Gasteiger partial charge in [0.15, 0.2) is 0 Å². The lowest BCUT2D eigenvalue weighted by atomic mass is 9.84. The van der Waals surface area contributed by atoms with Crippen molar-refractivity contribution in [3.05, 3.63) is 0 Å². The van der Waals surface area contributed by atoms with Gasteiger partial charge in [-0.25, -0.2) is 0 Å². The molecule has 1 N–H and O–H groups in total. The summed E-state index contributed by atoms with van der Waals surface area (Å²) in [5.41, 5.74) is 0. The molecule has 0 aromatic heterocycles. The highest BCUT2D eigenvalue weighted by Gasteiger charge is 2.41. The van der Waals surface area contributed by atoms with Crippen molar-refractivity contribution in [1.29, 1.82) is 0 Å². The summed E-state index contributed by atoms with van der Waals surface area (Å²) in [4.78, 5) is 4.70. The van der Waals surface area contributed by atoms with Crippen LogP contribution in [0.1, 0.15) is 58.3 Å². The zero-order valence-electron chi connectivity index (χ0n) is 11.1. The van der Waals surface area contributed by atoms with Gasteiger partial charge < -0.3 is 5.32 Å². The monoisotopic (exact) mass is 234 g/mol. The summed E-state index contributed by atoms with van der Waals surface area (Å²) in [7, 11) is 0. The van der Waals surface area contributed by atoms with Crippen LogP contribution in [0.3, 0.4) is 0 Å². The zero-order valence-corrected chi connectivity index (χ0v) is 11.1. The third-order valence-electron chi connectivity index (χ3n) is 5.20. The Bertz CT molecular complexity index is 297. The summed E-state index contributed by atoms with van der Waals surface area (Å²) in [5, 5.41) is 3.74. The van der Waals surface area contributed by atoms with Gasteiger partial charge in [0, 0.05) is 19.0 Å². The highest BCUT2D eigenvalue weighted by atomic mass is 15.0. The number of nitrogens with zero attached hydrogens (tertiary/aromatic N) is 1. The van der Waals surface area contributed by atoms with Crippen LogP contribution in [0.4, 0.5) is 0 Å². The lowest BCUT2D eigenvalue weighted by Crippen LogP contribution is -2.40. The van der Waals surface area contributed by atoms with E-state index in [2.05, 4.69) is 12.2 Å². The molecule has 96 valence electrons. The molecule has 4 atom stereocenters. The molecular formula is C15H26N2. The molecule has 3 rings (SSSR count). The molecule has 2 fully saturated rings. The lowest BCUT2D eigenvalue weighted by molar-refractivity contribution is 0.278. The normalized spacial score (nSPS) is 38.6. The number of hydrogen-bond acceptors (Lipinski definition) is 2. The van der Waals surface area contributed by atoms with Crippen molar-refractivity contribution in [2.75, 3.05) is 6.54 Å². The van der Waals surface area contributed by atoms with Gasteiger partial charge in [-0.05, 0) is 56.8 Å². The topological polar surface area (TPSA) is 24.4 Å². The second-order valence-electron chi connectivity index (χ2n) is 6.41. The number of rotatable bonds is 2. The third kappa shape index (κ3) is 2.51. The van der Waals surface area contributed by atoms with Crippen LogP contribution >= 0.6 is 0 Å². The van der Waals surface area contributed by atoms with Gasteiger partial charge in [-0.3, -0.25) is 4.99 Å². The van der Waals surface area contributed by atoms with Crippen LogP contribution in [-0.4, -0.2) is 18.4 Å². The van der Waals surface area contributed by atoms with E-state index in [1.165, 1.54) is 57.2 Å². The van der Waals surface area contributed by atoms with Gasteiger partial charge in [0.2, 0.25) is 0 Å². The number of aliphatic imine (C=N–C) groups is 1. The van der Waals surface area contributed by atoms with Crippen LogP contribution < -0.4 is 5.32 Å². The second-order valence-corrected chi connectivity index (χ2v) is 6.41. The fourth-order valence-electron chi connectivity index (χ4n) is 4.27. The van der Waals surface area contributed by atoms with Crippen LogP contribution in [0, 0.1) is 17.8 Å². The maximum Gasteiger partial charge on any atom is 0.0965 e. The molecular weight excluding hydrogens is 208 g/mol. The predicted molar refractivity (Wildman–Crippen MR) is 72.3 cm³/mol. The van der Waals surface area contributed by atoms with Gasteiger partial charge in [-0.2, -0.15) is 0 Å². The average Bonchev–Trinajstić information content (AvgIpc) is 2.87. The molecule has 0 spiro atoms. The van der Waals surface area contributed by atoms with Crippen molar-refractivity contribution in [2.24, 2.45) is 22.7 Å². The summed E-state index contributed by atoms with van der Waals surface area (Å²) in [6, 6.07) is 0.655. The summed E-state index contributed by atoms with van der Waals surface area (Å²) >= 11 is 0. The predicted octanol–water partition coefficient (Wildman–Crippen LogP) is 3.37. The molecule has 17 heavy (non-hydrogen) atoms. The Balaban J connectivity index is 1.55. The number of amidine groups is 1. The highest BCUT2D eigenvalue weighted by molar-refractivity contribution is 5.82. The Hall–Kier alpha value is -0.530. The van der Waals surface area contributed by atoms with Crippen LogP contribution in [-0.2, 0) is 0 Å². The zero-order chi connectivity index (χ0) is 11.7. The standard InChI is InChI=1S/C15H26N2/c1-11(14-10-12-6-7-13(14)9-12)17-15-5-3-2-4-8-16-15/h11-14H,2-10H2,1H3,(H,16,17)/t11-,12-,13-,14-/m1/s1. The van der Waals surface area contributed by atoms with Crippen LogP contribution in [0.15, 0.2) is 4.99 Å². The van der Waals surface area contributed by atoms with Gasteiger partial charge in [0.1, 0.15) is 0 Å². The fourth-order valence-corrected chi connectivity index (χ4v) is 4.27. The molecule has 0 saturated heterocycles. The quantitative estimate of drug-likeness (QED) is 0.778. The fraction of sp³-hybridized carbons (Fsp3) is 0.933. The molecule has 2 nitrogen and oxygen atoms in total. The molecule has 0 aromatic rings. The number of hydrogen-bond donors (Lipinski definition) is 1. The minimum atomic E-state index is 0.655. The molecule has 2 aliphatic carbocycles. The maximum atomic E-state index is 4.70. The van der Waals surface area contributed by atoms with E-state index in [0.29, 0.717) is 6.04 Å². The summed E-state index contributed by atoms with van der Waals surface area (Å²) in [5.74, 6) is 4.32. The van der Waals surface area contributed by atoms with Gasteiger partial charge in [-0.15, -0.1) is 0 Å². The molecule has 2 saturated carbocycles. The Kier molecular flexibility index (Phi) is 3.39. The van der Waals surface area contributed by atoms with Crippen molar-refractivity contribution < 1.29 is 0 Å². The van der Waals surface area contributed by atoms with E-state index in [9.17, 15) is 0 Å². The molecule has 0 aromatic carbocycles. The van der Waals surface area contributed by atoms with E-state index in [4.69, 9.17) is 4.99 Å². The van der Waals surface area contributed by atoms with Crippen molar-refractivity contribution in [1.82, 2.24) is 5.32 Å². The van der Waals surface area contributed by atoms with E-state index in [1.807, 2.05) is 0 Å². The van der Waals surface area contributed by atoms with E-state index >= 15 is 0 Å². The SMILES string of the molecule is C[C@@H](NC1=NCCCCC1)[C@H]1C[C@@H]2CC[C@@H]1C2. The van der Waals surface area contributed by atoms with Gasteiger partial charge in [0.05, 0.1) is 5.84 Å². The van der Waals surface area contributed by atoms with Crippen LogP contribution in [0.5, 0.6) is 0 Å². The number of nitrogens with one attached hydrogen (secondary N) is 1. The van der Waals surface area contributed by atoms with Crippen molar-refractivity contribution in [2.45, 2.75) is 64.3 Å². The molecule has 2 bridgehead atoms. The first-order chi connectivity index (χ1) is 8.33. The Morgan fingerprint density at radius 2 is 2.12 bits per heavy atom. The van der Waals surface area contributed by atoms with Gasteiger partial charge in [0.25, 0.3) is 0 Å². The van der Waals surface area contributed by atoms with Crippen molar-refractivity contribution in [3.63, 3.8) is 0 Å². The number of fused-ring (bicyclic) bond motifs is 2. The molecule has 2 heteroatoms. The molecule has 0 amide bonds. The molecule has 0 radical (unpaired) electrons. The lowest BCUT2D eigenvalue weighted by Gasteiger charge is -2.29.